The van der Waals surface area contributed by atoms with Crippen LogP contribution < -0.4 is 15.3 Å². The summed E-state index contributed by atoms with van der Waals surface area (Å²) in [6, 6.07) is 18.9. The lowest BCUT2D eigenvalue weighted by atomic mass is 9.86. The number of likely N-dealkylation sites (tertiary alicyclic amines) is 1. The smallest absolute Gasteiger partial charge is 0.323 e. The van der Waals surface area contributed by atoms with Gasteiger partial charge in [0, 0.05) is 37.2 Å². The van der Waals surface area contributed by atoms with Crippen LogP contribution in [-0.4, -0.2) is 51.0 Å². The van der Waals surface area contributed by atoms with Crippen molar-refractivity contribution >= 4 is 16.9 Å². The second-order valence-electron chi connectivity index (χ2n) is 12.3. The van der Waals surface area contributed by atoms with Crippen molar-refractivity contribution in [3.63, 3.8) is 0 Å². The molecule has 4 heterocycles. The number of benzene rings is 3. The highest BCUT2D eigenvalue weighted by Crippen LogP contribution is 2.44. The van der Waals surface area contributed by atoms with Crippen molar-refractivity contribution in [3.8, 4) is 22.6 Å². The molecule has 2 N–H and O–H groups in total. The molecular weight excluding hydrogens is 543 g/mol. The van der Waals surface area contributed by atoms with Gasteiger partial charge in [-0.2, -0.15) is 0 Å². The van der Waals surface area contributed by atoms with Gasteiger partial charge in [0.25, 0.3) is 0 Å². The largest absolute Gasteiger partial charge is 0.451 e. The molecule has 1 spiro atoms. The molecule has 2 aromatic heterocycles. The van der Waals surface area contributed by atoms with Gasteiger partial charge in [-0.25, -0.2) is 19.2 Å². The number of aromatic nitrogens is 4. The van der Waals surface area contributed by atoms with E-state index in [-0.39, 0.29) is 22.8 Å². The summed E-state index contributed by atoms with van der Waals surface area (Å²) in [4.78, 5) is 31.1. The number of fused-ring (bicyclic) bond motifs is 1. The maximum absolute atomic E-state index is 14.5. The number of aromatic amines is 2. The Morgan fingerprint density at radius 2 is 1.79 bits per heavy atom. The average Bonchev–Trinajstić information content (AvgIpc) is 3.71. The third kappa shape index (κ3) is 5.41. The van der Waals surface area contributed by atoms with Gasteiger partial charge in [-0.05, 0) is 72.3 Å². The number of halogens is 1. The quantitative estimate of drug-likeness (QED) is 0.230. The van der Waals surface area contributed by atoms with E-state index in [1.165, 1.54) is 11.6 Å². The molecular formula is C34H35FN6O2. The van der Waals surface area contributed by atoms with Crippen molar-refractivity contribution in [1.29, 1.82) is 0 Å². The van der Waals surface area contributed by atoms with Crippen LogP contribution in [0.2, 0.25) is 0 Å². The number of rotatable bonds is 7. The Bertz CT molecular complexity index is 1850. The molecule has 2 aliphatic rings. The number of nitrogens with zero attached hydrogens (tertiary/aromatic N) is 4. The lowest BCUT2D eigenvalue weighted by Crippen LogP contribution is -2.31. The summed E-state index contributed by atoms with van der Waals surface area (Å²) in [5.41, 5.74) is 5.67. The van der Waals surface area contributed by atoms with E-state index in [1.807, 2.05) is 24.3 Å². The third-order valence-electron chi connectivity index (χ3n) is 8.94. The van der Waals surface area contributed by atoms with E-state index in [0.29, 0.717) is 17.1 Å². The average molecular weight is 579 g/mol. The molecule has 3 aromatic carbocycles. The first-order valence-electron chi connectivity index (χ1n) is 14.9. The molecule has 43 heavy (non-hydrogen) atoms. The molecule has 2 aliphatic heterocycles. The lowest BCUT2D eigenvalue weighted by Gasteiger charge is -2.26. The minimum Gasteiger partial charge on any atom is -0.451 e. The summed E-state index contributed by atoms with van der Waals surface area (Å²) in [5.74, 6) is 1.87. The van der Waals surface area contributed by atoms with Crippen LogP contribution in [0.25, 0.3) is 22.2 Å². The summed E-state index contributed by atoms with van der Waals surface area (Å²) < 4.78 is 21.0. The zero-order valence-electron chi connectivity index (χ0n) is 24.4. The van der Waals surface area contributed by atoms with Crippen LogP contribution in [0.5, 0.6) is 11.5 Å². The molecule has 2 saturated heterocycles. The summed E-state index contributed by atoms with van der Waals surface area (Å²) >= 11 is 0. The molecule has 0 amide bonds. The Labute approximate surface area is 249 Å². The van der Waals surface area contributed by atoms with Gasteiger partial charge < -0.3 is 19.6 Å². The summed E-state index contributed by atoms with van der Waals surface area (Å²) in [5, 5.41) is 0. The lowest BCUT2D eigenvalue weighted by molar-refractivity contribution is 0.270. The minimum absolute atomic E-state index is 0.173. The Balaban J connectivity index is 1.10. The highest BCUT2D eigenvalue weighted by Gasteiger charge is 2.44. The zero-order valence-corrected chi connectivity index (χ0v) is 24.4. The number of nitrogens with one attached hydrogen (secondary N) is 2. The SMILES string of the molecule is CC(C)c1ccccc1-c1cc(F)ccc1Oc1cncnc1N1CCC2(CCN(Cc3ccc4[nH]c(=O)[nH]c4c3)C2)C1. The van der Waals surface area contributed by atoms with E-state index < -0.39 is 0 Å². The first-order chi connectivity index (χ1) is 20.9. The third-order valence-corrected chi connectivity index (χ3v) is 8.94. The molecule has 9 heteroatoms. The number of anilines is 1. The fourth-order valence-electron chi connectivity index (χ4n) is 6.83. The van der Waals surface area contributed by atoms with E-state index >= 15 is 0 Å². The molecule has 1 atom stereocenters. The molecule has 0 saturated carbocycles. The molecule has 2 fully saturated rings. The number of H-pyrrole nitrogens is 2. The predicted molar refractivity (Wildman–Crippen MR) is 166 cm³/mol. The zero-order chi connectivity index (χ0) is 29.6. The fraction of sp³-hybridized carbons (Fsp3) is 0.324. The standard InChI is InChI=1S/C34H35FN6O2/c1-22(2)25-5-3-4-6-26(25)27-16-24(35)8-10-30(27)43-31-17-36-21-37-32(31)41-14-12-34(20-41)11-13-40(19-34)18-23-7-9-28-29(15-23)39-33(42)38-28/h3-10,15-17,21-22H,11-14,18-20H2,1-2H3,(H2,38,39,42). The Morgan fingerprint density at radius 3 is 2.67 bits per heavy atom. The molecule has 8 nitrogen and oxygen atoms in total. The van der Waals surface area contributed by atoms with Crippen LogP contribution in [0, 0.1) is 11.2 Å². The first kappa shape index (κ1) is 27.3. The Hall–Kier alpha value is -4.50. The van der Waals surface area contributed by atoms with Crippen LogP contribution in [0.15, 0.2) is 78.0 Å². The van der Waals surface area contributed by atoms with Crippen LogP contribution >= 0.6 is 0 Å². The second kappa shape index (κ2) is 11.0. The minimum atomic E-state index is -0.306. The predicted octanol–water partition coefficient (Wildman–Crippen LogP) is 6.47. The Morgan fingerprint density at radius 1 is 0.953 bits per heavy atom. The maximum atomic E-state index is 14.5. The van der Waals surface area contributed by atoms with Gasteiger partial charge >= 0.3 is 5.69 Å². The van der Waals surface area contributed by atoms with Crippen molar-refractivity contribution in [2.75, 3.05) is 31.1 Å². The van der Waals surface area contributed by atoms with Gasteiger partial charge in [-0.1, -0.05) is 44.2 Å². The molecule has 0 aliphatic carbocycles. The van der Waals surface area contributed by atoms with Crippen LogP contribution in [0.4, 0.5) is 10.2 Å². The van der Waals surface area contributed by atoms with Crippen molar-refractivity contribution in [1.82, 2.24) is 24.8 Å². The van der Waals surface area contributed by atoms with E-state index in [9.17, 15) is 9.18 Å². The van der Waals surface area contributed by atoms with Crippen LogP contribution in [0.3, 0.4) is 0 Å². The number of ether oxygens (including phenoxy) is 1. The first-order valence-corrected chi connectivity index (χ1v) is 14.9. The molecule has 5 aromatic rings. The normalized spacial score (nSPS) is 18.8. The Kier molecular flexibility index (Phi) is 6.97. The monoisotopic (exact) mass is 578 g/mol. The summed E-state index contributed by atoms with van der Waals surface area (Å²) in [7, 11) is 0. The summed E-state index contributed by atoms with van der Waals surface area (Å²) in [6.45, 7) is 8.91. The summed E-state index contributed by atoms with van der Waals surface area (Å²) in [6.07, 6.45) is 5.45. The van der Waals surface area contributed by atoms with Gasteiger partial charge in [0.05, 0.1) is 17.2 Å². The molecule has 0 radical (unpaired) electrons. The number of imidazole rings is 1. The number of hydrogen-bond donors (Lipinski definition) is 2. The van der Waals surface area contributed by atoms with Gasteiger partial charge in [-0.3, -0.25) is 4.90 Å². The number of hydrogen-bond acceptors (Lipinski definition) is 6. The highest BCUT2D eigenvalue weighted by atomic mass is 19.1. The van der Waals surface area contributed by atoms with E-state index in [4.69, 9.17) is 4.74 Å². The second-order valence-corrected chi connectivity index (χ2v) is 12.3. The molecule has 0 bridgehead atoms. The molecule has 1 unspecified atom stereocenters. The van der Waals surface area contributed by atoms with Crippen LogP contribution in [-0.2, 0) is 6.54 Å². The van der Waals surface area contributed by atoms with Gasteiger partial charge in [0.2, 0.25) is 0 Å². The maximum Gasteiger partial charge on any atom is 0.323 e. The topological polar surface area (TPSA) is 90.1 Å². The molecule has 220 valence electrons. The van der Waals surface area contributed by atoms with Gasteiger partial charge in [0.1, 0.15) is 17.9 Å². The van der Waals surface area contributed by atoms with Crippen molar-refractivity contribution in [2.24, 2.45) is 5.41 Å². The van der Waals surface area contributed by atoms with Gasteiger partial charge in [-0.15, -0.1) is 0 Å². The van der Waals surface area contributed by atoms with E-state index in [0.717, 1.165) is 73.5 Å². The van der Waals surface area contributed by atoms with Crippen molar-refractivity contribution in [2.45, 2.75) is 39.2 Å². The van der Waals surface area contributed by atoms with Gasteiger partial charge in [0.15, 0.2) is 11.6 Å². The van der Waals surface area contributed by atoms with Crippen molar-refractivity contribution < 1.29 is 9.13 Å². The molecule has 7 rings (SSSR count). The highest BCUT2D eigenvalue weighted by molar-refractivity contribution is 5.75. The van der Waals surface area contributed by atoms with E-state index in [2.05, 4.69) is 61.8 Å². The van der Waals surface area contributed by atoms with E-state index in [1.54, 1.807) is 24.7 Å². The van der Waals surface area contributed by atoms with Crippen molar-refractivity contribution in [3.05, 3.63) is 101 Å². The fourth-order valence-corrected chi connectivity index (χ4v) is 6.83. The van der Waals surface area contributed by atoms with Crippen LogP contribution in [0.1, 0.15) is 43.7 Å².